The van der Waals surface area contributed by atoms with Gasteiger partial charge in [0, 0.05) is 40.1 Å². The van der Waals surface area contributed by atoms with Crippen LogP contribution in [-0.4, -0.2) is 10.5 Å². The molecule has 0 fully saturated rings. The highest BCUT2D eigenvalue weighted by molar-refractivity contribution is 6.11. The van der Waals surface area contributed by atoms with Crippen LogP contribution in [0.3, 0.4) is 0 Å². The Kier molecular flexibility index (Phi) is 4.07. The van der Waals surface area contributed by atoms with E-state index in [1.807, 2.05) is 30.3 Å². The summed E-state index contributed by atoms with van der Waals surface area (Å²) < 4.78 is 7.33. The molecule has 0 aliphatic heterocycles. The van der Waals surface area contributed by atoms with Gasteiger partial charge in [0.1, 0.15) is 5.76 Å². The molecule has 0 saturated heterocycles. The van der Waals surface area contributed by atoms with E-state index < -0.39 is 5.63 Å². The van der Waals surface area contributed by atoms with Gasteiger partial charge in [-0.1, -0.05) is 18.2 Å². The number of hydrogen-bond donors (Lipinski definition) is 1. The number of aromatic nitrogens is 1. The Balaban J connectivity index is 1.78. The third-order valence-electron chi connectivity index (χ3n) is 4.91. The van der Waals surface area contributed by atoms with Gasteiger partial charge in [-0.3, -0.25) is 4.79 Å². The first-order chi connectivity index (χ1) is 13.0. The van der Waals surface area contributed by atoms with Gasteiger partial charge in [-0.15, -0.1) is 0 Å². The van der Waals surface area contributed by atoms with Crippen LogP contribution in [-0.2, 0) is 6.54 Å². The van der Waals surface area contributed by atoms with Gasteiger partial charge in [0.05, 0.1) is 5.56 Å². The Hall–Kier alpha value is -3.34. The molecule has 0 aliphatic carbocycles. The first-order valence-electron chi connectivity index (χ1n) is 8.93. The predicted molar refractivity (Wildman–Crippen MR) is 108 cm³/mol. The van der Waals surface area contributed by atoms with Crippen molar-refractivity contribution in [3.63, 3.8) is 0 Å². The number of carbonyl (C=O) groups is 1. The zero-order chi connectivity index (χ0) is 19.1. The molecule has 0 bridgehead atoms. The summed E-state index contributed by atoms with van der Waals surface area (Å²) in [7, 11) is 0. The Labute approximate surface area is 156 Å². The van der Waals surface area contributed by atoms with E-state index in [2.05, 4.69) is 28.9 Å². The van der Waals surface area contributed by atoms with Crippen molar-refractivity contribution >= 4 is 33.4 Å². The monoisotopic (exact) mass is 360 g/mol. The third-order valence-corrected chi connectivity index (χ3v) is 4.91. The Bertz CT molecular complexity index is 1220. The van der Waals surface area contributed by atoms with Gasteiger partial charge in [0.2, 0.25) is 0 Å². The number of aryl methyl sites for hydroxylation is 3. The van der Waals surface area contributed by atoms with Gasteiger partial charge >= 0.3 is 5.63 Å². The fourth-order valence-electron chi connectivity index (χ4n) is 3.76. The number of fused-ring (bicyclic) bond motifs is 3. The largest absolute Gasteiger partial charge is 0.427 e. The van der Waals surface area contributed by atoms with E-state index in [0.717, 1.165) is 22.8 Å². The van der Waals surface area contributed by atoms with Crippen molar-refractivity contribution in [2.24, 2.45) is 0 Å². The molecular weight excluding hydrogens is 340 g/mol. The molecular formula is C22H20N2O3. The molecule has 0 saturated carbocycles. The van der Waals surface area contributed by atoms with Crippen LogP contribution in [0.1, 0.15) is 28.6 Å². The summed E-state index contributed by atoms with van der Waals surface area (Å²) in [5, 5.41) is 5.18. The first kappa shape index (κ1) is 17.1. The number of benzene rings is 2. The first-order valence-corrected chi connectivity index (χ1v) is 8.93. The smallest absolute Gasteiger partial charge is 0.336 e. The second kappa shape index (κ2) is 6.43. The minimum absolute atomic E-state index is 0.285. The molecule has 0 radical (unpaired) electrons. The van der Waals surface area contributed by atoms with Crippen molar-refractivity contribution in [2.45, 2.75) is 27.3 Å². The topological polar surface area (TPSA) is 64.2 Å². The summed E-state index contributed by atoms with van der Waals surface area (Å²) in [6, 6.07) is 15.5. The van der Waals surface area contributed by atoms with Crippen LogP contribution in [0.5, 0.6) is 0 Å². The van der Waals surface area contributed by atoms with Crippen LogP contribution >= 0.6 is 0 Å². The number of amides is 1. The molecule has 0 unspecified atom stereocenters. The lowest BCUT2D eigenvalue weighted by atomic mass is 10.1. The highest BCUT2D eigenvalue weighted by atomic mass is 16.4. The second-order valence-corrected chi connectivity index (χ2v) is 6.63. The highest BCUT2D eigenvalue weighted by Gasteiger charge is 2.16. The Morgan fingerprint density at radius 1 is 1.04 bits per heavy atom. The number of carbonyl (C=O) groups excluding carboxylic acids is 1. The number of anilines is 1. The van der Waals surface area contributed by atoms with Crippen LogP contribution in [0.15, 0.2) is 57.7 Å². The molecule has 27 heavy (non-hydrogen) atoms. The number of nitrogens with zero attached hydrogens (tertiary/aromatic N) is 1. The van der Waals surface area contributed by atoms with E-state index >= 15 is 0 Å². The van der Waals surface area contributed by atoms with Crippen LogP contribution < -0.4 is 10.9 Å². The van der Waals surface area contributed by atoms with Gasteiger partial charge in [0.15, 0.2) is 0 Å². The van der Waals surface area contributed by atoms with Crippen LogP contribution in [0.25, 0.3) is 21.8 Å². The van der Waals surface area contributed by atoms with Gasteiger partial charge in [-0.2, -0.15) is 0 Å². The molecule has 2 aromatic heterocycles. The standard InChI is InChI=1S/C22H20N2O3/c1-4-24-18-8-6-5-7-16(18)17-12-15(9-10-19(17)24)23-22(26)21-13(2)11-20(25)27-14(21)3/h5-12H,4H2,1-3H3,(H,23,26). The molecule has 1 N–H and O–H groups in total. The molecule has 0 atom stereocenters. The van der Waals surface area contributed by atoms with Crippen molar-refractivity contribution < 1.29 is 9.21 Å². The van der Waals surface area contributed by atoms with Gasteiger partial charge < -0.3 is 14.3 Å². The normalized spacial score (nSPS) is 11.2. The number of nitrogens with one attached hydrogen (secondary N) is 1. The van der Waals surface area contributed by atoms with Gasteiger partial charge in [-0.25, -0.2) is 4.79 Å². The lowest BCUT2D eigenvalue weighted by Gasteiger charge is -2.10. The van der Waals surface area contributed by atoms with Crippen LogP contribution in [0, 0.1) is 13.8 Å². The predicted octanol–water partition coefficient (Wildman–Crippen LogP) is 4.64. The summed E-state index contributed by atoms with van der Waals surface area (Å²) in [6.45, 7) is 6.35. The van der Waals surface area contributed by atoms with E-state index in [-0.39, 0.29) is 5.91 Å². The summed E-state index contributed by atoms with van der Waals surface area (Å²) in [4.78, 5) is 24.2. The number of para-hydroxylation sites is 1. The van der Waals surface area contributed by atoms with Gasteiger partial charge in [0.25, 0.3) is 5.91 Å². The lowest BCUT2D eigenvalue weighted by molar-refractivity contribution is 0.102. The highest BCUT2D eigenvalue weighted by Crippen LogP contribution is 2.31. The number of rotatable bonds is 3. The van der Waals surface area contributed by atoms with E-state index in [1.54, 1.807) is 13.8 Å². The fourth-order valence-corrected chi connectivity index (χ4v) is 3.76. The van der Waals surface area contributed by atoms with Crippen molar-refractivity contribution in [3.8, 4) is 0 Å². The average molecular weight is 360 g/mol. The molecule has 5 nitrogen and oxygen atoms in total. The quantitative estimate of drug-likeness (QED) is 0.579. The average Bonchev–Trinajstić information content (AvgIpc) is 2.94. The van der Waals surface area contributed by atoms with Crippen molar-refractivity contribution in [1.29, 1.82) is 0 Å². The van der Waals surface area contributed by atoms with Crippen LogP contribution in [0.2, 0.25) is 0 Å². The summed E-state index contributed by atoms with van der Waals surface area (Å²) >= 11 is 0. The maximum Gasteiger partial charge on any atom is 0.336 e. The summed E-state index contributed by atoms with van der Waals surface area (Å²) in [5.74, 6) is 0.0356. The molecule has 2 heterocycles. The minimum atomic E-state index is -0.449. The van der Waals surface area contributed by atoms with E-state index in [1.165, 1.54) is 11.6 Å². The molecule has 4 rings (SSSR count). The fraction of sp³-hybridized carbons (Fsp3) is 0.182. The molecule has 0 spiro atoms. The second-order valence-electron chi connectivity index (χ2n) is 6.63. The minimum Gasteiger partial charge on any atom is -0.427 e. The zero-order valence-electron chi connectivity index (χ0n) is 15.5. The van der Waals surface area contributed by atoms with Crippen molar-refractivity contribution in [1.82, 2.24) is 4.57 Å². The Morgan fingerprint density at radius 2 is 1.78 bits per heavy atom. The van der Waals surface area contributed by atoms with E-state index in [9.17, 15) is 9.59 Å². The molecule has 4 aromatic rings. The molecule has 5 heteroatoms. The van der Waals surface area contributed by atoms with E-state index in [0.29, 0.717) is 22.6 Å². The molecule has 136 valence electrons. The van der Waals surface area contributed by atoms with E-state index in [4.69, 9.17) is 4.42 Å². The molecule has 0 aliphatic rings. The van der Waals surface area contributed by atoms with Gasteiger partial charge in [-0.05, 0) is 50.6 Å². The Morgan fingerprint density at radius 3 is 2.52 bits per heavy atom. The third kappa shape index (κ3) is 2.81. The van der Waals surface area contributed by atoms with Crippen molar-refractivity contribution in [3.05, 3.63) is 75.8 Å². The molecule has 2 aromatic carbocycles. The van der Waals surface area contributed by atoms with Crippen LogP contribution in [0.4, 0.5) is 5.69 Å². The lowest BCUT2D eigenvalue weighted by Crippen LogP contribution is -2.17. The molecule has 1 amide bonds. The zero-order valence-corrected chi connectivity index (χ0v) is 15.5. The summed E-state index contributed by atoms with van der Waals surface area (Å²) in [5.41, 5.74) is 3.56. The summed E-state index contributed by atoms with van der Waals surface area (Å²) in [6.07, 6.45) is 0. The SMILES string of the molecule is CCn1c2ccccc2c2cc(NC(=O)c3c(C)cc(=O)oc3C)ccc21. The van der Waals surface area contributed by atoms with Crippen molar-refractivity contribution in [2.75, 3.05) is 5.32 Å². The maximum absolute atomic E-state index is 12.7. The maximum atomic E-state index is 12.7. The number of hydrogen-bond acceptors (Lipinski definition) is 3.